The summed E-state index contributed by atoms with van der Waals surface area (Å²) in [5.74, 6) is 1.28. The molecule has 0 spiro atoms. The first-order valence-electron chi connectivity index (χ1n) is 15.0. The Balaban J connectivity index is 1.76. The second-order valence-corrected chi connectivity index (χ2v) is 11.8. The van der Waals surface area contributed by atoms with Crippen LogP contribution in [0.25, 0.3) is 0 Å². The van der Waals surface area contributed by atoms with Crippen LogP contribution < -0.4 is 0 Å². The van der Waals surface area contributed by atoms with Gasteiger partial charge in [-0.2, -0.15) is 0 Å². The standard InChI is InChI=1S/C34H50N2O2/c1-7-9-12-25-16-27(33(37)31(18-25)23(3)4)21-35-29-14-11-15-30(20-29)36-22-28-17-26(13-10-8-2)19-32(24(5)6)34(28)38/h16-19,21-24,29-30,37-38H,7-15,20H2,1-6H3. The summed E-state index contributed by atoms with van der Waals surface area (Å²) in [6, 6.07) is 8.94. The van der Waals surface area contributed by atoms with Crippen molar-refractivity contribution >= 4 is 12.4 Å². The number of nitrogens with zero attached hydrogens (tertiary/aromatic N) is 2. The number of benzene rings is 2. The van der Waals surface area contributed by atoms with Crippen molar-refractivity contribution in [2.45, 2.75) is 130 Å². The number of aromatic hydroxyl groups is 2. The quantitative estimate of drug-likeness (QED) is 0.276. The van der Waals surface area contributed by atoms with Crippen molar-refractivity contribution < 1.29 is 10.2 Å². The summed E-state index contributed by atoms with van der Waals surface area (Å²) < 4.78 is 0. The van der Waals surface area contributed by atoms with Crippen molar-refractivity contribution in [3.63, 3.8) is 0 Å². The van der Waals surface area contributed by atoms with Crippen LogP contribution in [0.1, 0.15) is 138 Å². The minimum Gasteiger partial charge on any atom is -0.507 e. The Labute approximate surface area is 231 Å². The molecule has 0 amide bonds. The van der Waals surface area contributed by atoms with Crippen LogP contribution in [0.15, 0.2) is 34.3 Å². The maximum Gasteiger partial charge on any atom is 0.127 e. The molecule has 2 aromatic carbocycles. The Morgan fingerprint density at radius 3 is 1.53 bits per heavy atom. The summed E-state index contributed by atoms with van der Waals surface area (Å²) in [7, 11) is 0. The van der Waals surface area contributed by atoms with E-state index >= 15 is 0 Å². The first-order chi connectivity index (χ1) is 18.2. The zero-order valence-electron chi connectivity index (χ0n) is 24.6. The number of unbranched alkanes of at least 4 members (excludes halogenated alkanes) is 2. The Morgan fingerprint density at radius 1 is 0.737 bits per heavy atom. The van der Waals surface area contributed by atoms with E-state index in [9.17, 15) is 10.2 Å². The fraction of sp³-hybridized carbons (Fsp3) is 0.588. The van der Waals surface area contributed by atoms with Crippen LogP contribution in [0.2, 0.25) is 0 Å². The average Bonchev–Trinajstić information content (AvgIpc) is 2.90. The first-order valence-corrected chi connectivity index (χ1v) is 15.0. The molecule has 1 aliphatic rings. The molecule has 0 heterocycles. The van der Waals surface area contributed by atoms with E-state index in [4.69, 9.17) is 9.98 Å². The molecule has 0 bridgehead atoms. The summed E-state index contributed by atoms with van der Waals surface area (Å²) in [5.41, 5.74) is 6.25. The van der Waals surface area contributed by atoms with E-state index in [0.29, 0.717) is 11.5 Å². The van der Waals surface area contributed by atoms with Crippen molar-refractivity contribution in [2.24, 2.45) is 9.98 Å². The number of phenolic OH excluding ortho intramolecular Hbond substituents is 2. The molecule has 2 N–H and O–H groups in total. The highest BCUT2D eigenvalue weighted by Crippen LogP contribution is 2.33. The number of hydrogen-bond acceptors (Lipinski definition) is 4. The molecule has 4 heteroatoms. The normalized spacial score (nSPS) is 18.4. The lowest BCUT2D eigenvalue weighted by molar-refractivity contribution is 0.397. The van der Waals surface area contributed by atoms with Gasteiger partial charge in [0.1, 0.15) is 11.5 Å². The molecule has 2 unspecified atom stereocenters. The van der Waals surface area contributed by atoms with Gasteiger partial charge in [-0.05, 0) is 97.6 Å². The Kier molecular flexibility index (Phi) is 11.4. The highest BCUT2D eigenvalue weighted by atomic mass is 16.3. The zero-order valence-corrected chi connectivity index (χ0v) is 24.6. The summed E-state index contributed by atoms with van der Waals surface area (Å²) >= 11 is 0. The number of phenols is 2. The van der Waals surface area contributed by atoms with Gasteiger partial charge in [0.2, 0.25) is 0 Å². The van der Waals surface area contributed by atoms with Crippen LogP contribution >= 0.6 is 0 Å². The molecule has 38 heavy (non-hydrogen) atoms. The van der Waals surface area contributed by atoms with Crippen LogP contribution in [-0.2, 0) is 12.8 Å². The highest BCUT2D eigenvalue weighted by molar-refractivity contribution is 5.85. The molecule has 0 aliphatic heterocycles. The Bertz CT molecular complexity index is 1010. The highest BCUT2D eigenvalue weighted by Gasteiger charge is 2.21. The van der Waals surface area contributed by atoms with E-state index in [1.54, 1.807) is 0 Å². The number of aliphatic imine (C=N–C) groups is 2. The molecule has 0 radical (unpaired) electrons. The fourth-order valence-electron chi connectivity index (χ4n) is 5.40. The topological polar surface area (TPSA) is 65.2 Å². The lowest BCUT2D eigenvalue weighted by Gasteiger charge is -2.24. The van der Waals surface area contributed by atoms with Gasteiger partial charge in [-0.25, -0.2) is 0 Å². The average molecular weight is 519 g/mol. The first kappa shape index (κ1) is 29.9. The predicted octanol–water partition coefficient (Wildman–Crippen LogP) is 8.88. The largest absolute Gasteiger partial charge is 0.507 e. The minimum absolute atomic E-state index is 0.197. The molecular formula is C34H50N2O2. The van der Waals surface area contributed by atoms with Gasteiger partial charge >= 0.3 is 0 Å². The molecule has 0 aromatic heterocycles. The van der Waals surface area contributed by atoms with Crippen LogP contribution in [0.5, 0.6) is 11.5 Å². The Hall–Kier alpha value is -2.62. The van der Waals surface area contributed by atoms with Gasteiger partial charge in [0.05, 0.1) is 12.1 Å². The second-order valence-electron chi connectivity index (χ2n) is 11.8. The number of rotatable bonds is 12. The van der Waals surface area contributed by atoms with Gasteiger partial charge in [-0.3, -0.25) is 9.98 Å². The maximum atomic E-state index is 10.9. The summed E-state index contributed by atoms with van der Waals surface area (Å²) in [6.07, 6.45) is 14.5. The third kappa shape index (κ3) is 8.19. The van der Waals surface area contributed by atoms with E-state index < -0.39 is 0 Å². The van der Waals surface area contributed by atoms with Crippen molar-refractivity contribution in [1.82, 2.24) is 0 Å². The second kappa shape index (κ2) is 14.5. The van der Waals surface area contributed by atoms with Crippen molar-refractivity contribution in [3.8, 4) is 11.5 Å². The van der Waals surface area contributed by atoms with E-state index in [2.05, 4.69) is 65.8 Å². The van der Waals surface area contributed by atoms with Gasteiger partial charge in [0, 0.05) is 23.6 Å². The monoisotopic (exact) mass is 518 g/mol. The Morgan fingerprint density at radius 2 is 1.16 bits per heavy atom. The zero-order chi connectivity index (χ0) is 27.7. The maximum absolute atomic E-state index is 10.9. The molecule has 1 saturated carbocycles. The smallest absolute Gasteiger partial charge is 0.127 e. The lowest BCUT2D eigenvalue weighted by Crippen LogP contribution is -2.21. The van der Waals surface area contributed by atoms with Gasteiger partial charge in [0.25, 0.3) is 0 Å². The molecule has 208 valence electrons. The van der Waals surface area contributed by atoms with Gasteiger partial charge < -0.3 is 10.2 Å². The molecule has 3 rings (SSSR count). The van der Waals surface area contributed by atoms with Gasteiger partial charge in [-0.1, -0.05) is 66.5 Å². The van der Waals surface area contributed by atoms with Crippen LogP contribution in [-0.4, -0.2) is 34.7 Å². The molecule has 0 saturated heterocycles. The third-order valence-corrected chi connectivity index (χ3v) is 7.81. The van der Waals surface area contributed by atoms with Crippen LogP contribution in [0.4, 0.5) is 0 Å². The fourth-order valence-corrected chi connectivity index (χ4v) is 5.40. The van der Waals surface area contributed by atoms with Crippen molar-refractivity contribution in [1.29, 1.82) is 0 Å². The SMILES string of the molecule is CCCCc1cc(C=NC2CCCC(N=Cc3cc(CCCC)cc(C(C)C)c3O)C2)c(O)c(C(C)C)c1. The summed E-state index contributed by atoms with van der Waals surface area (Å²) in [4.78, 5) is 9.87. The molecule has 2 aromatic rings. The van der Waals surface area contributed by atoms with E-state index in [1.165, 1.54) is 11.1 Å². The van der Waals surface area contributed by atoms with Crippen LogP contribution in [0.3, 0.4) is 0 Å². The van der Waals surface area contributed by atoms with E-state index in [0.717, 1.165) is 86.5 Å². The molecule has 1 aliphatic carbocycles. The molecule has 2 atom stereocenters. The van der Waals surface area contributed by atoms with Crippen molar-refractivity contribution in [2.75, 3.05) is 0 Å². The van der Waals surface area contributed by atoms with Gasteiger partial charge in [0.15, 0.2) is 0 Å². The number of aryl methyl sites for hydroxylation is 2. The summed E-state index contributed by atoms with van der Waals surface area (Å²) in [6.45, 7) is 12.9. The molecule has 4 nitrogen and oxygen atoms in total. The third-order valence-electron chi connectivity index (χ3n) is 7.81. The molecular weight excluding hydrogens is 468 g/mol. The predicted molar refractivity (Wildman–Crippen MR) is 163 cm³/mol. The molecule has 1 fully saturated rings. The van der Waals surface area contributed by atoms with Crippen molar-refractivity contribution in [3.05, 3.63) is 57.6 Å². The lowest BCUT2D eigenvalue weighted by atomic mass is 9.91. The van der Waals surface area contributed by atoms with E-state index in [1.807, 2.05) is 12.4 Å². The van der Waals surface area contributed by atoms with E-state index in [-0.39, 0.29) is 23.9 Å². The minimum atomic E-state index is 0.197. The van der Waals surface area contributed by atoms with Crippen LogP contribution in [0, 0.1) is 0 Å². The van der Waals surface area contributed by atoms with Gasteiger partial charge in [-0.15, -0.1) is 0 Å². The summed E-state index contributed by atoms with van der Waals surface area (Å²) in [5, 5.41) is 21.9. The number of hydrogen-bond donors (Lipinski definition) is 2.